The number of nitrogens with one attached hydrogen (secondary N) is 1. The lowest BCUT2D eigenvalue weighted by atomic mass is 10.2. The van der Waals surface area contributed by atoms with E-state index in [9.17, 15) is 13.2 Å². The molecule has 0 unspecified atom stereocenters. The molecule has 10 heteroatoms. The highest BCUT2D eigenvalue weighted by Gasteiger charge is 2.27. The van der Waals surface area contributed by atoms with Gasteiger partial charge in [0.1, 0.15) is 6.54 Å². The van der Waals surface area contributed by atoms with Crippen molar-refractivity contribution in [1.82, 2.24) is 5.43 Å². The number of carbonyl (C=O) groups excluding carboxylic acids is 1. The van der Waals surface area contributed by atoms with Crippen LogP contribution in [0.4, 0.5) is 5.69 Å². The van der Waals surface area contributed by atoms with Crippen molar-refractivity contribution < 1.29 is 22.7 Å². The number of hydrogen-bond donors (Lipinski definition) is 1. The minimum atomic E-state index is -4.03. The summed E-state index contributed by atoms with van der Waals surface area (Å²) in [5.41, 5.74) is 4.14. The molecule has 1 amide bonds. The Balaban J connectivity index is 1.84. The summed E-state index contributed by atoms with van der Waals surface area (Å²) >= 11 is 5.96. The number of aryl methyl sites for hydroxylation is 1. The number of para-hydroxylation sites is 1. The predicted molar refractivity (Wildman–Crippen MR) is 132 cm³/mol. The van der Waals surface area contributed by atoms with Gasteiger partial charge in [-0.3, -0.25) is 9.10 Å². The molecule has 1 N–H and O–H groups in total. The second-order valence-corrected chi connectivity index (χ2v) is 9.48. The summed E-state index contributed by atoms with van der Waals surface area (Å²) in [7, 11) is -1.03. The van der Waals surface area contributed by atoms with E-state index in [0.29, 0.717) is 27.8 Å². The normalized spacial score (nSPS) is 11.3. The topological polar surface area (TPSA) is 97.3 Å². The summed E-state index contributed by atoms with van der Waals surface area (Å²) in [6.07, 6.45) is 1.39. The highest BCUT2D eigenvalue weighted by molar-refractivity contribution is 7.92. The molecule has 0 atom stereocenters. The van der Waals surface area contributed by atoms with E-state index >= 15 is 0 Å². The zero-order valence-electron chi connectivity index (χ0n) is 18.9. The molecule has 0 saturated carbocycles. The van der Waals surface area contributed by atoms with E-state index in [1.807, 2.05) is 6.92 Å². The summed E-state index contributed by atoms with van der Waals surface area (Å²) in [5, 5.41) is 4.39. The Morgan fingerprint density at radius 1 is 1.03 bits per heavy atom. The average Bonchev–Trinajstić information content (AvgIpc) is 2.83. The molecule has 0 aliphatic rings. The summed E-state index contributed by atoms with van der Waals surface area (Å²) in [5.74, 6) is 0.326. The van der Waals surface area contributed by atoms with Crippen LogP contribution in [0, 0.1) is 6.92 Å². The maximum Gasteiger partial charge on any atom is 0.264 e. The van der Waals surface area contributed by atoms with Gasteiger partial charge in [-0.15, -0.1) is 0 Å². The number of rotatable bonds is 9. The molecule has 0 aliphatic carbocycles. The molecular weight excluding hydrogens is 478 g/mol. The molecule has 0 saturated heterocycles. The lowest BCUT2D eigenvalue weighted by Gasteiger charge is -2.23. The van der Waals surface area contributed by atoms with Crippen LogP contribution in [0.25, 0.3) is 0 Å². The van der Waals surface area contributed by atoms with Crippen LogP contribution in [0.5, 0.6) is 11.5 Å². The smallest absolute Gasteiger partial charge is 0.264 e. The van der Waals surface area contributed by atoms with Gasteiger partial charge < -0.3 is 9.47 Å². The fraction of sp³-hybridized carbons (Fsp3) is 0.167. The first kappa shape index (κ1) is 25.1. The fourth-order valence-corrected chi connectivity index (χ4v) is 4.66. The Bertz CT molecular complexity index is 1280. The highest BCUT2D eigenvalue weighted by atomic mass is 35.5. The number of ether oxygens (including phenoxy) is 2. The fourth-order valence-electron chi connectivity index (χ4n) is 3.11. The van der Waals surface area contributed by atoms with Crippen LogP contribution in [-0.4, -0.2) is 41.3 Å². The van der Waals surface area contributed by atoms with Crippen molar-refractivity contribution in [2.75, 3.05) is 25.1 Å². The van der Waals surface area contributed by atoms with Gasteiger partial charge in [-0.05, 0) is 55.5 Å². The molecule has 3 aromatic carbocycles. The minimum Gasteiger partial charge on any atom is -0.493 e. The minimum absolute atomic E-state index is 0.0606. The van der Waals surface area contributed by atoms with Crippen molar-refractivity contribution in [2.45, 2.75) is 11.8 Å². The monoisotopic (exact) mass is 501 g/mol. The third-order valence-corrected chi connectivity index (χ3v) is 6.88. The zero-order valence-corrected chi connectivity index (χ0v) is 20.4. The van der Waals surface area contributed by atoms with Gasteiger partial charge in [0.15, 0.2) is 11.5 Å². The number of benzene rings is 3. The molecule has 8 nitrogen and oxygen atoms in total. The standard InChI is InChI=1S/C24H24ClN3O5S/c1-17-7-13-21(14-8-17)34(30,31)28(20-11-9-19(25)10-12-20)16-23(29)27-26-15-18-5-4-6-22(32-2)24(18)33-3/h4-15H,16H2,1-3H3,(H,27,29)/b26-15-. The Morgan fingerprint density at radius 2 is 1.71 bits per heavy atom. The SMILES string of the molecule is COc1cccc(/C=N\NC(=O)CN(c2ccc(Cl)cc2)S(=O)(=O)c2ccc(C)cc2)c1OC. The first-order valence-corrected chi connectivity index (χ1v) is 12.0. The molecule has 0 aromatic heterocycles. The molecule has 34 heavy (non-hydrogen) atoms. The van der Waals surface area contributed by atoms with E-state index in [1.54, 1.807) is 42.5 Å². The number of hydrazone groups is 1. The van der Waals surface area contributed by atoms with E-state index in [0.717, 1.165) is 9.87 Å². The van der Waals surface area contributed by atoms with Gasteiger partial charge in [-0.1, -0.05) is 35.4 Å². The van der Waals surface area contributed by atoms with Crippen molar-refractivity contribution >= 4 is 39.4 Å². The van der Waals surface area contributed by atoms with Gasteiger partial charge in [-0.2, -0.15) is 5.10 Å². The first-order chi connectivity index (χ1) is 16.3. The van der Waals surface area contributed by atoms with E-state index in [2.05, 4.69) is 10.5 Å². The van der Waals surface area contributed by atoms with Gasteiger partial charge in [0, 0.05) is 10.6 Å². The molecular formula is C24H24ClN3O5S. The molecule has 0 spiro atoms. The third-order valence-electron chi connectivity index (χ3n) is 4.84. The van der Waals surface area contributed by atoms with Crippen molar-refractivity contribution in [1.29, 1.82) is 0 Å². The number of carbonyl (C=O) groups is 1. The third kappa shape index (κ3) is 5.86. The quantitative estimate of drug-likeness (QED) is 0.353. The van der Waals surface area contributed by atoms with Gasteiger partial charge in [0.25, 0.3) is 15.9 Å². The number of nitrogens with zero attached hydrogens (tertiary/aromatic N) is 2. The second kappa shape index (κ2) is 11.0. The van der Waals surface area contributed by atoms with Gasteiger partial charge in [-0.25, -0.2) is 13.8 Å². The van der Waals surface area contributed by atoms with E-state index in [1.165, 1.54) is 44.7 Å². The maximum atomic E-state index is 13.4. The predicted octanol–water partition coefficient (Wildman–Crippen LogP) is 4.01. The van der Waals surface area contributed by atoms with Crippen LogP contribution in [0.15, 0.2) is 76.7 Å². The van der Waals surface area contributed by atoms with Crippen LogP contribution < -0.4 is 19.2 Å². The number of anilines is 1. The largest absolute Gasteiger partial charge is 0.493 e. The van der Waals surface area contributed by atoms with Crippen molar-refractivity contribution in [3.63, 3.8) is 0 Å². The van der Waals surface area contributed by atoms with Crippen LogP contribution in [-0.2, 0) is 14.8 Å². The summed E-state index contributed by atoms with van der Waals surface area (Å²) in [6.45, 7) is 1.36. The van der Waals surface area contributed by atoms with E-state index in [4.69, 9.17) is 21.1 Å². The lowest BCUT2D eigenvalue weighted by molar-refractivity contribution is -0.119. The zero-order chi connectivity index (χ0) is 24.7. The van der Waals surface area contributed by atoms with Crippen LogP contribution in [0.2, 0.25) is 5.02 Å². The second-order valence-electron chi connectivity index (χ2n) is 7.18. The van der Waals surface area contributed by atoms with Gasteiger partial charge >= 0.3 is 0 Å². The summed E-state index contributed by atoms with van der Waals surface area (Å²) < 4.78 is 38.3. The number of sulfonamides is 1. The summed E-state index contributed by atoms with van der Waals surface area (Å²) in [6, 6.07) is 17.8. The van der Waals surface area contributed by atoms with Crippen molar-refractivity contribution in [3.8, 4) is 11.5 Å². The van der Waals surface area contributed by atoms with Crippen molar-refractivity contribution in [3.05, 3.63) is 82.9 Å². The number of halogens is 1. The van der Waals surface area contributed by atoms with Gasteiger partial charge in [0.05, 0.1) is 31.0 Å². The molecule has 3 rings (SSSR count). The molecule has 0 heterocycles. The summed E-state index contributed by atoms with van der Waals surface area (Å²) in [4.78, 5) is 12.7. The van der Waals surface area contributed by atoms with Gasteiger partial charge in [0.2, 0.25) is 0 Å². The Labute approximate surface area is 203 Å². The van der Waals surface area contributed by atoms with E-state index < -0.39 is 22.5 Å². The Morgan fingerprint density at radius 3 is 2.32 bits per heavy atom. The Hall–Kier alpha value is -3.56. The van der Waals surface area contributed by atoms with Crippen LogP contribution in [0.1, 0.15) is 11.1 Å². The van der Waals surface area contributed by atoms with E-state index in [-0.39, 0.29) is 4.90 Å². The Kier molecular flexibility index (Phi) is 8.14. The molecule has 0 aliphatic heterocycles. The number of amides is 1. The first-order valence-electron chi connectivity index (χ1n) is 10.1. The molecule has 0 radical (unpaired) electrons. The molecule has 0 bridgehead atoms. The average molecular weight is 502 g/mol. The maximum absolute atomic E-state index is 13.4. The molecule has 178 valence electrons. The molecule has 3 aromatic rings. The van der Waals surface area contributed by atoms with Crippen LogP contribution in [0.3, 0.4) is 0 Å². The molecule has 0 fully saturated rings. The number of methoxy groups -OCH3 is 2. The van der Waals surface area contributed by atoms with Crippen LogP contribution >= 0.6 is 11.6 Å². The van der Waals surface area contributed by atoms with Crippen molar-refractivity contribution in [2.24, 2.45) is 5.10 Å². The highest BCUT2D eigenvalue weighted by Crippen LogP contribution is 2.29. The lowest BCUT2D eigenvalue weighted by Crippen LogP contribution is -2.39. The number of hydrogen-bond acceptors (Lipinski definition) is 6.